The van der Waals surface area contributed by atoms with E-state index >= 15 is 0 Å². The minimum Gasteiger partial charge on any atom is -0.449 e. The first-order valence-corrected chi connectivity index (χ1v) is 8.61. The number of anilines is 1. The number of ether oxygens (including phenoxy) is 1. The summed E-state index contributed by atoms with van der Waals surface area (Å²) in [7, 11) is 3.82. The van der Waals surface area contributed by atoms with Gasteiger partial charge in [-0.25, -0.2) is 4.79 Å². The van der Waals surface area contributed by atoms with Crippen molar-refractivity contribution in [3.8, 4) is 0 Å². The fraction of sp³-hybridized carbons (Fsp3) is 0.579. The van der Waals surface area contributed by atoms with E-state index in [-0.39, 0.29) is 18.0 Å². The highest BCUT2D eigenvalue weighted by atomic mass is 16.5. The Morgan fingerprint density at radius 1 is 1.21 bits per heavy atom. The van der Waals surface area contributed by atoms with Crippen LogP contribution in [0.3, 0.4) is 0 Å². The SMILES string of the molecule is C[C@@H](OC(=O)c1cccc(N(C)C)c1)C(=O)N1[C@@H](C)CCC[C@@H]1C. The monoisotopic (exact) mass is 332 g/mol. The van der Waals surface area contributed by atoms with E-state index in [1.54, 1.807) is 19.1 Å². The molecule has 5 heteroatoms. The Balaban J connectivity index is 2.05. The summed E-state index contributed by atoms with van der Waals surface area (Å²) in [5, 5.41) is 0. The summed E-state index contributed by atoms with van der Waals surface area (Å²) in [6.07, 6.45) is 2.37. The summed E-state index contributed by atoms with van der Waals surface area (Å²) in [6, 6.07) is 7.60. The summed E-state index contributed by atoms with van der Waals surface area (Å²) in [4.78, 5) is 28.9. The number of likely N-dealkylation sites (tertiary alicyclic amines) is 1. The molecule has 1 fully saturated rings. The van der Waals surface area contributed by atoms with Crippen LogP contribution < -0.4 is 4.90 Å². The standard InChI is InChI=1S/C19H28N2O3/c1-13-8-6-9-14(2)21(13)18(22)15(3)24-19(23)16-10-7-11-17(12-16)20(4)5/h7,10-15H,6,8-9H2,1-5H3/t13-,14-,15+/m0/s1. The topological polar surface area (TPSA) is 49.9 Å². The molecule has 1 aromatic rings. The Hall–Kier alpha value is -2.04. The molecule has 1 saturated heterocycles. The van der Waals surface area contributed by atoms with Crippen LogP contribution in [-0.4, -0.2) is 49.1 Å². The maximum Gasteiger partial charge on any atom is 0.338 e. The van der Waals surface area contributed by atoms with Crippen molar-refractivity contribution in [3.05, 3.63) is 29.8 Å². The molecule has 1 heterocycles. The maximum absolute atomic E-state index is 12.7. The molecule has 0 saturated carbocycles. The third-order valence-corrected chi connectivity index (χ3v) is 4.68. The molecule has 1 aliphatic heterocycles. The molecule has 2 rings (SSSR count). The van der Waals surface area contributed by atoms with Crippen molar-refractivity contribution in [1.82, 2.24) is 4.90 Å². The number of benzene rings is 1. The molecule has 1 aliphatic rings. The van der Waals surface area contributed by atoms with Crippen LogP contribution in [0.15, 0.2) is 24.3 Å². The van der Waals surface area contributed by atoms with Gasteiger partial charge in [0.05, 0.1) is 5.56 Å². The van der Waals surface area contributed by atoms with Crippen LogP contribution in [-0.2, 0) is 9.53 Å². The van der Waals surface area contributed by atoms with E-state index in [4.69, 9.17) is 4.74 Å². The third kappa shape index (κ3) is 4.08. The van der Waals surface area contributed by atoms with Gasteiger partial charge >= 0.3 is 5.97 Å². The average Bonchev–Trinajstić information content (AvgIpc) is 2.54. The van der Waals surface area contributed by atoms with Gasteiger partial charge in [0.2, 0.25) is 0 Å². The van der Waals surface area contributed by atoms with E-state index in [0.29, 0.717) is 5.56 Å². The second-order valence-electron chi connectivity index (χ2n) is 6.87. The van der Waals surface area contributed by atoms with Gasteiger partial charge in [-0.1, -0.05) is 6.07 Å². The second kappa shape index (κ2) is 7.69. The molecule has 0 aromatic heterocycles. The smallest absolute Gasteiger partial charge is 0.338 e. The van der Waals surface area contributed by atoms with E-state index in [2.05, 4.69) is 13.8 Å². The zero-order valence-corrected chi connectivity index (χ0v) is 15.3. The van der Waals surface area contributed by atoms with Gasteiger partial charge in [0.25, 0.3) is 5.91 Å². The molecular weight excluding hydrogens is 304 g/mol. The number of carbonyl (C=O) groups excluding carboxylic acids is 2. The number of hydrogen-bond donors (Lipinski definition) is 0. The van der Waals surface area contributed by atoms with Crippen LogP contribution in [0.25, 0.3) is 0 Å². The van der Waals surface area contributed by atoms with E-state index < -0.39 is 12.1 Å². The van der Waals surface area contributed by atoms with Gasteiger partial charge in [-0.2, -0.15) is 0 Å². The number of nitrogens with zero attached hydrogens (tertiary/aromatic N) is 2. The highest BCUT2D eigenvalue weighted by Gasteiger charge is 2.33. The van der Waals surface area contributed by atoms with E-state index in [1.807, 2.05) is 36.0 Å². The molecule has 0 radical (unpaired) electrons. The Morgan fingerprint density at radius 2 is 1.83 bits per heavy atom. The molecule has 24 heavy (non-hydrogen) atoms. The lowest BCUT2D eigenvalue weighted by Crippen LogP contribution is -2.51. The van der Waals surface area contributed by atoms with Gasteiger partial charge in [-0.05, 0) is 58.2 Å². The van der Waals surface area contributed by atoms with Crippen molar-refractivity contribution < 1.29 is 14.3 Å². The second-order valence-corrected chi connectivity index (χ2v) is 6.87. The van der Waals surface area contributed by atoms with E-state index in [9.17, 15) is 9.59 Å². The lowest BCUT2D eigenvalue weighted by atomic mass is 9.97. The van der Waals surface area contributed by atoms with Crippen molar-refractivity contribution in [2.75, 3.05) is 19.0 Å². The summed E-state index contributed by atoms with van der Waals surface area (Å²) >= 11 is 0. The van der Waals surface area contributed by atoms with Crippen molar-refractivity contribution in [3.63, 3.8) is 0 Å². The van der Waals surface area contributed by atoms with E-state index in [0.717, 1.165) is 24.9 Å². The first-order chi connectivity index (χ1) is 11.3. The number of esters is 1. The quantitative estimate of drug-likeness (QED) is 0.795. The van der Waals surface area contributed by atoms with Crippen LogP contribution in [0.5, 0.6) is 0 Å². The van der Waals surface area contributed by atoms with Crippen LogP contribution in [0.2, 0.25) is 0 Å². The highest BCUT2D eigenvalue weighted by Crippen LogP contribution is 2.24. The van der Waals surface area contributed by atoms with Crippen molar-refractivity contribution in [2.24, 2.45) is 0 Å². The molecule has 0 aliphatic carbocycles. The highest BCUT2D eigenvalue weighted by molar-refractivity contribution is 5.93. The Labute approximate surface area is 144 Å². The zero-order valence-electron chi connectivity index (χ0n) is 15.3. The number of carbonyl (C=O) groups is 2. The normalized spacial score (nSPS) is 22.0. The summed E-state index contributed by atoms with van der Waals surface area (Å²) < 4.78 is 5.43. The maximum atomic E-state index is 12.7. The Kier molecular flexibility index (Phi) is 5.86. The number of piperidine rings is 1. The van der Waals surface area contributed by atoms with Gasteiger partial charge in [0, 0.05) is 31.9 Å². The van der Waals surface area contributed by atoms with Crippen LogP contribution >= 0.6 is 0 Å². The van der Waals surface area contributed by atoms with E-state index in [1.165, 1.54) is 0 Å². The van der Waals surface area contributed by atoms with Crippen LogP contribution in [0.4, 0.5) is 5.69 Å². The molecule has 3 atom stereocenters. The number of hydrogen-bond acceptors (Lipinski definition) is 4. The third-order valence-electron chi connectivity index (χ3n) is 4.68. The summed E-state index contributed by atoms with van der Waals surface area (Å²) in [5.74, 6) is -0.566. The molecule has 0 bridgehead atoms. The minimum absolute atomic E-state index is 0.105. The Morgan fingerprint density at radius 3 is 2.42 bits per heavy atom. The molecule has 1 aromatic carbocycles. The van der Waals surface area contributed by atoms with Crippen molar-refractivity contribution in [1.29, 1.82) is 0 Å². The lowest BCUT2D eigenvalue weighted by molar-refractivity contribution is -0.146. The zero-order chi connectivity index (χ0) is 17.9. The fourth-order valence-electron chi connectivity index (χ4n) is 3.26. The Bertz CT molecular complexity index is 590. The number of rotatable bonds is 4. The molecular formula is C19H28N2O3. The van der Waals surface area contributed by atoms with Crippen LogP contribution in [0.1, 0.15) is 50.4 Å². The van der Waals surface area contributed by atoms with Gasteiger partial charge in [-0.15, -0.1) is 0 Å². The van der Waals surface area contributed by atoms with Crippen molar-refractivity contribution in [2.45, 2.75) is 58.2 Å². The largest absolute Gasteiger partial charge is 0.449 e. The molecule has 0 N–H and O–H groups in total. The summed E-state index contributed by atoms with van der Waals surface area (Å²) in [5.41, 5.74) is 1.38. The molecule has 5 nitrogen and oxygen atoms in total. The first kappa shape index (κ1) is 18.3. The lowest BCUT2D eigenvalue weighted by Gasteiger charge is -2.40. The molecule has 132 valence electrons. The van der Waals surface area contributed by atoms with Crippen molar-refractivity contribution >= 4 is 17.6 Å². The predicted octanol–water partition coefficient (Wildman–Crippen LogP) is 3.09. The predicted molar refractivity (Wildman–Crippen MR) is 95.3 cm³/mol. The van der Waals surface area contributed by atoms with Gasteiger partial charge < -0.3 is 14.5 Å². The van der Waals surface area contributed by atoms with Crippen LogP contribution in [0, 0.1) is 0 Å². The van der Waals surface area contributed by atoms with Gasteiger partial charge in [0.1, 0.15) is 0 Å². The average molecular weight is 332 g/mol. The summed E-state index contributed by atoms with van der Waals surface area (Å²) in [6.45, 7) is 5.77. The van der Waals surface area contributed by atoms with Gasteiger partial charge in [-0.3, -0.25) is 4.79 Å². The molecule has 1 amide bonds. The fourth-order valence-corrected chi connectivity index (χ4v) is 3.26. The minimum atomic E-state index is -0.775. The molecule has 0 spiro atoms. The van der Waals surface area contributed by atoms with Gasteiger partial charge in [0.15, 0.2) is 6.10 Å². The first-order valence-electron chi connectivity index (χ1n) is 8.61. The number of amides is 1. The molecule has 0 unspecified atom stereocenters.